The lowest BCUT2D eigenvalue weighted by atomic mass is 10.1. The van der Waals surface area contributed by atoms with Crippen molar-refractivity contribution >= 4 is 40.8 Å². The normalized spacial score (nSPS) is 15.7. The van der Waals surface area contributed by atoms with Gasteiger partial charge < -0.3 is 20.7 Å². The Kier molecular flexibility index (Phi) is 11.0. The zero-order valence-electron chi connectivity index (χ0n) is 23.5. The Balaban J connectivity index is 0.000000222. The molecule has 8 nitrogen and oxygen atoms in total. The van der Waals surface area contributed by atoms with Crippen molar-refractivity contribution in [2.75, 3.05) is 23.1 Å². The molecular weight excluding hydrogens is 506 g/mol. The van der Waals surface area contributed by atoms with Crippen molar-refractivity contribution in [3.8, 4) is 0 Å². The van der Waals surface area contributed by atoms with Crippen LogP contribution in [-0.4, -0.2) is 30.8 Å². The summed E-state index contributed by atoms with van der Waals surface area (Å²) in [6.07, 6.45) is 3.47. The molecular formula is C32H37N3O5. The van der Waals surface area contributed by atoms with Crippen LogP contribution in [0, 0.1) is 18.8 Å². The third kappa shape index (κ3) is 9.38. The number of aryl methyl sites for hydroxylation is 1. The van der Waals surface area contributed by atoms with Gasteiger partial charge in [0.15, 0.2) is 0 Å². The maximum absolute atomic E-state index is 12.0. The molecule has 2 unspecified atom stereocenters. The zero-order chi connectivity index (χ0) is 29.1. The van der Waals surface area contributed by atoms with Crippen molar-refractivity contribution in [3.63, 3.8) is 0 Å². The van der Waals surface area contributed by atoms with E-state index in [1.165, 1.54) is 7.11 Å². The van der Waals surface area contributed by atoms with Crippen molar-refractivity contribution < 1.29 is 23.9 Å². The van der Waals surface area contributed by atoms with Gasteiger partial charge in [0.1, 0.15) is 5.78 Å². The number of urea groups is 1. The summed E-state index contributed by atoms with van der Waals surface area (Å²) in [4.78, 5) is 46.3. The molecule has 1 fully saturated rings. The van der Waals surface area contributed by atoms with Gasteiger partial charge in [-0.1, -0.05) is 37.3 Å². The van der Waals surface area contributed by atoms with Gasteiger partial charge in [-0.25, -0.2) is 9.59 Å². The number of para-hydroxylation sites is 1. The molecule has 0 radical (unpaired) electrons. The van der Waals surface area contributed by atoms with E-state index in [-0.39, 0.29) is 29.6 Å². The van der Waals surface area contributed by atoms with Gasteiger partial charge in [0.25, 0.3) is 0 Å². The molecule has 210 valence electrons. The van der Waals surface area contributed by atoms with E-state index < -0.39 is 0 Å². The average molecular weight is 544 g/mol. The molecule has 2 atom stereocenters. The fraction of sp³-hybridized carbons (Fsp3) is 0.312. The van der Waals surface area contributed by atoms with E-state index in [1.54, 1.807) is 43.3 Å². The molecule has 1 saturated carbocycles. The molecule has 0 aromatic heterocycles. The first-order valence-corrected chi connectivity index (χ1v) is 13.4. The number of ketones is 1. The molecule has 0 bridgehead atoms. The van der Waals surface area contributed by atoms with Gasteiger partial charge in [-0.2, -0.15) is 0 Å². The fourth-order valence-electron chi connectivity index (χ4n) is 4.49. The first-order valence-electron chi connectivity index (χ1n) is 13.4. The van der Waals surface area contributed by atoms with Crippen molar-refractivity contribution in [1.82, 2.24) is 0 Å². The summed E-state index contributed by atoms with van der Waals surface area (Å²) in [5.74, 6) is 0.582. The summed E-state index contributed by atoms with van der Waals surface area (Å²) in [5.41, 5.74) is 4.61. The minimum absolute atomic E-state index is 0.0789. The summed E-state index contributed by atoms with van der Waals surface area (Å²) < 4.78 is 4.62. The highest BCUT2D eigenvalue weighted by molar-refractivity contribution is 6.00. The minimum atomic E-state index is -0.373. The smallest absolute Gasteiger partial charge is 0.337 e. The van der Waals surface area contributed by atoms with Crippen LogP contribution in [0.5, 0.6) is 0 Å². The molecule has 3 amide bonds. The molecule has 3 N–H and O–H groups in total. The van der Waals surface area contributed by atoms with E-state index >= 15 is 0 Å². The van der Waals surface area contributed by atoms with Crippen LogP contribution >= 0.6 is 0 Å². The molecule has 0 aliphatic heterocycles. The summed E-state index contributed by atoms with van der Waals surface area (Å²) in [7, 11) is 1.35. The number of methoxy groups -OCH3 is 1. The van der Waals surface area contributed by atoms with Crippen LogP contribution in [0.3, 0.4) is 0 Å². The minimum Gasteiger partial charge on any atom is -0.465 e. The summed E-state index contributed by atoms with van der Waals surface area (Å²) in [6.45, 7) is 5.67. The SMILES string of the molecule is CC(=O)Cc1ccc(NC(=O)Nc2ccccc2C)cc1.COC(=O)c1ccc(NC(=O)C2CCC(C)C2)cc1. The van der Waals surface area contributed by atoms with Crippen molar-refractivity contribution in [3.05, 3.63) is 89.5 Å². The predicted molar refractivity (Wildman–Crippen MR) is 158 cm³/mol. The largest absolute Gasteiger partial charge is 0.465 e. The second-order valence-corrected chi connectivity index (χ2v) is 10.1. The Morgan fingerprint density at radius 3 is 2.02 bits per heavy atom. The zero-order valence-corrected chi connectivity index (χ0v) is 23.5. The van der Waals surface area contributed by atoms with Gasteiger partial charge in [0, 0.05) is 29.4 Å². The van der Waals surface area contributed by atoms with E-state index in [0.717, 1.165) is 41.8 Å². The third-order valence-electron chi connectivity index (χ3n) is 6.70. The first kappa shape index (κ1) is 30.1. The second-order valence-electron chi connectivity index (χ2n) is 10.1. The van der Waals surface area contributed by atoms with Crippen LogP contribution < -0.4 is 16.0 Å². The summed E-state index contributed by atoms with van der Waals surface area (Å²) in [5, 5.41) is 8.46. The molecule has 3 aromatic carbocycles. The monoisotopic (exact) mass is 543 g/mol. The average Bonchev–Trinajstić information content (AvgIpc) is 3.37. The molecule has 1 aliphatic rings. The first-order chi connectivity index (χ1) is 19.1. The highest BCUT2D eigenvalue weighted by Gasteiger charge is 2.27. The molecule has 8 heteroatoms. The molecule has 0 spiro atoms. The van der Waals surface area contributed by atoms with Gasteiger partial charge in [-0.05, 0) is 92.6 Å². The van der Waals surface area contributed by atoms with Crippen molar-refractivity contribution in [1.29, 1.82) is 0 Å². The maximum Gasteiger partial charge on any atom is 0.337 e. The number of esters is 1. The maximum atomic E-state index is 12.0. The molecule has 3 aromatic rings. The summed E-state index contributed by atoms with van der Waals surface area (Å²) >= 11 is 0. The van der Waals surface area contributed by atoms with Gasteiger partial charge in [0.2, 0.25) is 5.91 Å². The highest BCUT2D eigenvalue weighted by atomic mass is 16.5. The van der Waals surface area contributed by atoms with Crippen molar-refractivity contribution in [2.24, 2.45) is 11.8 Å². The Labute approximate surface area is 235 Å². The standard InChI is InChI=1S/C17H18N2O2.C15H19NO3/c1-12-5-3-4-6-16(12)19-17(21)18-15-9-7-14(8-10-15)11-13(2)20;1-10-3-4-12(9-10)14(17)16-13-7-5-11(6-8-13)15(18)19-2/h3-10H,11H2,1-2H3,(H2,18,19,21);5-8,10,12H,3-4,9H2,1-2H3,(H,16,17). The van der Waals surface area contributed by atoms with Gasteiger partial charge in [-0.15, -0.1) is 0 Å². The van der Waals surface area contributed by atoms with Crippen LogP contribution in [0.15, 0.2) is 72.8 Å². The number of hydrogen-bond donors (Lipinski definition) is 3. The number of carbonyl (C=O) groups excluding carboxylic acids is 4. The number of carbonyl (C=O) groups is 4. The number of anilines is 3. The Morgan fingerprint density at radius 2 is 1.45 bits per heavy atom. The van der Waals surface area contributed by atoms with Crippen LogP contribution in [0.25, 0.3) is 0 Å². The molecule has 40 heavy (non-hydrogen) atoms. The number of nitrogens with one attached hydrogen (secondary N) is 3. The molecule has 0 saturated heterocycles. The predicted octanol–water partition coefficient (Wildman–Crippen LogP) is 6.62. The second kappa shape index (κ2) is 14.6. The van der Waals surface area contributed by atoms with E-state index in [2.05, 4.69) is 27.6 Å². The molecule has 1 aliphatic carbocycles. The number of rotatable bonds is 7. The molecule has 0 heterocycles. The van der Waals surface area contributed by atoms with E-state index in [9.17, 15) is 19.2 Å². The lowest BCUT2D eigenvalue weighted by molar-refractivity contribution is -0.119. The quantitative estimate of drug-likeness (QED) is 0.290. The number of hydrogen-bond acceptors (Lipinski definition) is 5. The summed E-state index contributed by atoms with van der Waals surface area (Å²) in [6, 6.07) is 21.3. The van der Waals surface area contributed by atoms with Crippen LogP contribution in [-0.2, 0) is 20.7 Å². The Hall–Kier alpha value is -4.46. The number of amides is 3. The van der Waals surface area contributed by atoms with E-state index in [0.29, 0.717) is 23.6 Å². The third-order valence-corrected chi connectivity index (χ3v) is 6.70. The van der Waals surface area contributed by atoms with Crippen molar-refractivity contribution in [2.45, 2.75) is 46.5 Å². The molecule has 4 rings (SSSR count). The Bertz CT molecular complexity index is 1320. The fourth-order valence-corrected chi connectivity index (χ4v) is 4.49. The van der Waals surface area contributed by atoms with Gasteiger partial charge in [0.05, 0.1) is 12.7 Å². The van der Waals surface area contributed by atoms with Crippen LogP contribution in [0.2, 0.25) is 0 Å². The van der Waals surface area contributed by atoms with E-state index in [1.807, 2.05) is 43.3 Å². The lowest BCUT2D eigenvalue weighted by Crippen LogP contribution is -2.20. The highest BCUT2D eigenvalue weighted by Crippen LogP contribution is 2.31. The van der Waals surface area contributed by atoms with Crippen LogP contribution in [0.1, 0.15) is 54.6 Å². The number of Topliss-reactive ketones (excluding diaryl/α,β-unsaturated/α-hetero) is 1. The topological polar surface area (TPSA) is 114 Å². The van der Waals surface area contributed by atoms with Gasteiger partial charge in [-0.3, -0.25) is 9.59 Å². The Morgan fingerprint density at radius 1 is 0.825 bits per heavy atom. The number of ether oxygens (including phenoxy) is 1. The number of benzene rings is 3. The van der Waals surface area contributed by atoms with E-state index in [4.69, 9.17) is 0 Å². The van der Waals surface area contributed by atoms with Crippen LogP contribution in [0.4, 0.5) is 21.9 Å². The van der Waals surface area contributed by atoms with Gasteiger partial charge >= 0.3 is 12.0 Å². The lowest BCUT2D eigenvalue weighted by Gasteiger charge is -2.11.